The SMILES string of the molecule is CC(=O)N(Cc1cccs1)C1(c2ccc(Cl)cc2)CCC1. The highest BCUT2D eigenvalue weighted by atomic mass is 35.5. The van der Waals surface area contributed by atoms with Crippen LogP contribution in [0.25, 0.3) is 0 Å². The molecule has 1 aliphatic carbocycles. The molecule has 21 heavy (non-hydrogen) atoms. The molecule has 0 bridgehead atoms. The van der Waals surface area contributed by atoms with Crippen LogP contribution < -0.4 is 0 Å². The van der Waals surface area contributed by atoms with E-state index in [4.69, 9.17) is 11.6 Å². The number of nitrogens with zero attached hydrogens (tertiary/aromatic N) is 1. The average molecular weight is 320 g/mol. The molecule has 110 valence electrons. The zero-order valence-electron chi connectivity index (χ0n) is 12.0. The summed E-state index contributed by atoms with van der Waals surface area (Å²) in [5.41, 5.74) is 1.05. The van der Waals surface area contributed by atoms with E-state index in [1.165, 1.54) is 10.4 Å². The molecule has 4 heteroatoms. The first-order chi connectivity index (χ1) is 10.1. The maximum absolute atomic E-state index is 12.3. The average Bonchev–Trinajstić information content (AvgIpc) is 2.91. The Bertz CT molecular complexity index is 617. The molecule has 3 rings (SSSR count). The molecule has 1 amide bonds. The molecule has 0 radical (unpaired) electrons. The van der Waals surface area contributed by atoms with Crippen LogP contribution in [0.4, 0.5) is 0 Å². The largest absolute Gasteiger partial charge is 0.328 e. The second-order valence-electron chi connectivity index (χ2n) is 5.58. The summed E-state index contributed by atoms with van der Waals surface area (Å²) >= 11 is 7.70. The smallest absolute Gasteiger partial charge is 0.220 e. The van der Waals surface area contributed by atoms with Gasteiger partial charge in [0.05, 0.1) is 12.1 Å². The molecule has 0 spiro atoms. The van der Waals surface area contributed by atoms with Gasteiger partial charge in [0.15, 0.2) is 0 Å². The lowest BCUT2D eigenvalue weighted by molar-refractivity contribution is -0.141. The number of thiophene rings is 1. The lowest BCUT2D eigenvalue weighted by Crippen LogP contribution is -2.52. The van der Waals surface area contributed by atoms with Gasteiger partial charge in [0.25, 0.3) is 0 Å². The van der Waals surface area contributed by atoms with Crippen molar-refractivity contribution in [1.82, 2.24) is 4.90 Å². The van der Waals surface area contributed by atoms with Crippen molar-refractivity contribution in [2.45, 2.75) is 38.3 Å². The Balaban J connectivity index is 1.94. The second-order valence-corrected chi connectivity index (χ2v) is 7.05. The van der Waals surface area contributed by atoms with Crippen molar-refractivity contribution in [2.75, 3.05) is 0 Å². The highest BCUT2D eigenvalue weighted by Gasteiger charge is 2.45. The van der Waals surface area contributed by atoms with Crippen LogP contribution >= 0.6 is 22.9 Å². The quantitative estimate of drug-likeness (QED) is 0.790. The molecular formula is C17H18ClNOS. The lowest BCUT2D eigenvalue weighted by atomic mass is 9.70. The first kappa shape index (κ1) is 14.6. The number of carbonyl (C=O) groups excluding carboxylic acids is 1. The van der Waals surface area contributed by atoms with Crippen LogP contribution in [0.5, 0.6) is 0 Å². The predicted molar refractivity (Wildman–Crippen MR) is 87.5 cm³/mol. The Morgan fingerprint density at radius 2 is 2.00 bits per heavy atom. The van der Waals surface area contributed by atoms with Crippen LogP contribution in [0.2, 0.25) is 5.02 Å². The molecule has 1 fully saturated rings. The zero-order chi connectivity index (χ0) is 14.9. The minimum absolute atomic E-state index is 0.137. The van der Waals surface area contributed by atoms with Gasteiger partial charge in [0.2, 0.25) is 5.91 Å². The van der Waals surface area contributed by atoms with Gasteiger partial charge in [0.1, 0.15) is 0 Å². The Morgan fingerprint density at radius 3 is 2.48 bits per heavy atom. The Labute approximate surface area is 134 Å². The van der Waals surface area contributed by atoms with Crippen LogP contribution in [0, 0.1) is 0 Å². The summed E-state index contributed by atoms with van der Waals surface area (Å²) in [7, 11) is 0. The summed E-state index contributed by atoms with van der Waals surface area (Å²) in [5.74, 6) is 0.137. The molecular weight excluding hydrogens is 302 g/mol. The van der Waals surface area contributed by atoms with Crippen molar-refractivity contribution in [1.29, 1.82) is 0 Å². The van der Waals surface area contributed by atoms with Crippen molar-refractivity contribution < 1.29 is 4.79 Å². The van der Waals surface area contributed by atoms with Gasteiger partial charge >= 0.3 is 0 Å². The molecule has 0 aliphatic heterocycles. The van der Waals surface area contributed by atoms with E-state index in [9.17, 15) is 4.79 Å². The van der Waals surface area contributed by atoms with Crippen LogP contribution in [-0.4, -0.2) is 10.8 Å². The molecule has 0 saturated heterocycles. The molecule has 0 atom stereocenters. The highest BCUT2D eigenvalue weighted by Crippen LogP contribution is 2.47. The lowest BCUT2D eigenvalue weighted by Gasteiger charge is -2.50. The minimum Gasteiger partial charge on any atom is -0.328 e. The third kappa shape index (κ3) is 2.72. The summed E-state index contributed by atoms with van der Waals surface area (Å²) in [6, 6.07) is 12.1. The van der Waals surface area contributed by atoms with Gasteiger partial charge in [-0.15, -0.1) is 11.3 Å². The summed E-state index contributed by atoms with van der Waals surface area (Å²) in [4.78, 5) is 15.5. The molecule has 1 aromatic heterocycles. The number of benzene rings is 1. The maximum Gasteiger partial charge on any atom is 0.220 e. The van der Waals surface area contributed by atoms with Crippen molar-refractivity contribution in [3.8, 4) is 0 Å². The Morgan fingerprint density at radius 1 is 1.29 bits per heavy atom. The van der Waals surface area contributed by atoms with Crippen molar-refractivity contribution in [3.63, 3.8) is 0 Å². The number of hydrogen-bond acceptors (Lipinski definition) is 2. The zero-order valence-corrected chi connectivity index (χ0v) is 13.6. The van der Waals surface area contributed by atoms with E-state index in [1.54, 1.807) is 18.3 Å². The minimum atomic E-state index is -0.152. The van der Waals surface area contributed by atoms with E-state index < -0.39 is 0 Å². The van der Waals surface area contributed by atoms with Gasteiger partial charge in [-0.05, 0) is 48.4 Å². The van der Waals surface area contributed by atoms with E-state index >= 15 is 0 Å². The summed E-state index contributed by atoms with van der Waals surface area (Å²) in [5, 5.41) is 2.80. The van der Waals surface area contributed by atoms with Crippen molar-refractivity contribution in [3.05, 3.63) is 57.2 Å². The number of amides is 1. The number of hydrogen-bond donors (Lipinski definition) is 0. The Hall–Kier alpha value is -1.32. The van der Waals surface area contributed by atoms with E-state index in [1.807, 2.05) is 23.1 Å². The van der Waals surface area contributed by atoms with Gasteiger partial charge in [-0.2, -0.15) is 0 Å². The van der Waals surface area contributed by atoms with Gasteiger partial charge in [-0.3, -0.25) is 4.79 Å². The fraction of sp³-hybridized carbons (Fsp3) is 0.353. The Kier molecular flexibility index (Phi) is 4.05. The molecule has 0 unspecified atom stereocenters. The second kappa shape index (κ2) is 5.82. The fourth-order valence-electron chi connectivity index (χ4n) is 3.11. The first-order valence-corrected chi connectivity index (χ1v) is 8.44. The van der Waals surface area contributed by atoms with Crippen LogP contribution in [0.3, 0.4) is 0 Å². The number of carbonyl (C=O) groups is 1. The number of halogens is 1. The normalized spacial score (nSPS) is 16.3. The molecule has 1 aliphatic rings. The van der Waals surface area contributed by atoms with E-state index in [2.05, 4.69) is 23.6 Å². The number of rotatable bonds is 4. The molecule has 1 saturated carbocycles. The predicted octanol–water partition coefficient (Wildman–Crippen LogP) is 4.83. The van der Waals surface area contributed by atoms with Gasteiger partial charge in [-0.25, -0.2) is 0 Å². The summed E-state index contributed by atoms with van der Waals surface area (Å²) in [6.45, 7) is 2.36. The molecule has 2 aromatic rings. The first-order valence-electron chi connectivity index (χ1n) is 7.18. The van der Waals surface area contributed by atoms with Crippen molar-refractivity contribution in [2.24, 2.45) is 0 Å². The van der Waals surface area contributed by atoms with Crippen molar-refractivity contribution >= 4 is 28.8 Å². The third-order valence-corrected chi connectivity index (χ3v) is 5.47. The van der Waals surface area contributed by atoms with E-state index in [0.717, 1.165) is 24.3 Å². The van der Waals surface area contributed by atoms with Crippen LogP contribution in [-0.2, 0) is 16.9 Å². The van der Waals surface area contributed by atoms with Gasteiger partial charge in [0, 0.05) is 16.8 Å². The monoisotopic (exact) mass is 319 g/mol. The molecule has 0 N–H and O–H groups in total. The van der Waals surface area contributed by atoms with Crippen LogP contribution in [0.1, 0.15) is 36.6 Å². The topological polar surface area (TPSA) is 20.3 Å². The standard InChI is InChI=1S/C17H18ClNOS/c1-13(20)19(12-16-4-2-11-21-16)17(9-3-10-17)14-5-7-15(18)8-6-14/h2,4-8,11H,3,9-10,12H2,1H3. The third-order valence-electron chi connectivity index (χ3n) is 4.35. The van der Waals surface area contributed by atoms with Gasteiger partial charge < -0.3 is 4.90 Å². The van der Waals surface area contributed by atoms with E-state index in [0.29, 0.717) is 6.54 Å². The maximum atomic E-state index is 12.3. The van der Waals surface area contributed by atoms with Crippen LogP contribution in [0.15, 0.2) is 41.8 Å². The molecule has 2 nitrogen and oxygen atoms in total. The molecule has 1 heterocycles. The summed E-state index contributed by atoms with van der Waals surface area (Å²) < 4.78 is 0. The summed E-state index contributed by atoms with van der Waals surface area (Å²) in [6.07, 6.45) is 3.22. The van der Waals surface area contributed by atoms with E-state index in [-0.39, 0.29) is 11.4 Å². The fourth-order valence-corrected chi connectivity index (χ4v) is 3.93. The molecule has 1 aromatic carbocycles. The highest BCUT2D eigenvalue weighted by molar-refractivity contribution is 7.09. The van der Waals surface area contributed by atoms with Gasteiger partial charge in [-0.1, -0.05) is 29.8 Å².